The van der Waals surface area contributed by atoms with Crippen LogP contribution in [-0.4, -0.2) is 32.0 Å². The zero-order chi connectivity index (χ0) is 23.6. The molecule has 7 nitrogen and oxygen atoms in total. The summed E-state index contributed by atoms with van der Waals surface area (Å²) in [4.78, 5) is 29.5. The van der Waals surface area contributed by atoms with Crippen molar-refractivity contribution in [2.75, 3.05) is 19.5 Å². The average molecular weight is 470 g/mol. The van der Waals surface area contributed by atoms with Crippen molar-refractivity contribution < 1.29 is 28.6 Å². The number of aryl methyl sites for hydroxylation is 1. The highest BCUT2D eigenvalue weighted by Gasteiger charge is 2.13. The molecule has 0 spiro atoms. The van der Waals surface area contributed by atoms with E-state index in [2.05, 4.69) is 15.2 Å². The first-order valence-corrected chi connectivity index (χ1v) is 11.2. The molecule has 0 bridgehead atoms. The first-order valence-electron chi connectivity index (χ1n) is 10.5. The fraction of sp³-hybridized carbons (Fsp3) is 0.280. The van der Waals surface area contributed by atoms with E-state index in [-0.39, 0.29) is 17.8 Å². The lowest BCUT2D eigenvalue weighted by Gasteiger charge is -2.14. The van der Waals surface area contributed by atoms with Gasteiger partial charge < -0.3 is 10.1 Å². The van der Waals surface area contributed by atoms with Crippen molar-refractivity contribution in [3.63, 3.8) is 0 Å². The molecule has 3 rings (SSSR count). The van der Waals surface area contributed by atoms with E-state index in [1.54, 1.807) is 26.2 Å². The number of ether oxygens (including phenoxy) is 1. The number of hydrogen-bond donors (Lipinski definition) is 1. The van der Waals surface area contributed by atoms with Crippen molar-refractivity contribution in [3.8, 4) is 0 Å². The lowest BCUT2D eigenvalue weighted by Crippen LogP contribution is -2.15. The van der Waals surface area contributed by atoms with Crippen LogP contribution < -0.4 is 5.32 Å². The lowest BCUT2D eigenvalue weighted by atomic mass is 10.0. The normalized spacial score (nSPS) is 12.0. The van der Waals surface area contributed by atoms with Crippen molar-refractivity contribution in [3.05, 3.63) is 71.8 Å². The summed E-state index contributed by atoms with van der Waals surface area (Å²) in [5, 5.41) is 9.28. The molecule has 3 aromatic rings. The summed E-state index contributed by atoms with van der Waals surface area (Å²) in [6, 6.07) is 18.9. The maximum atomic E-state index is 12.9. The highest BCUT2D eigenvalue weighted by Crippen LogP contribution is 2.34. The number of fused-ring (bicyclic) bond motifs is 1. The van der Waals surface area contributed by atoms with E-state index in [4.69, 9.17) is 9.07 Å². The number of hydrogen-bond acceptors (Lipinski definition) is 7. The molecule has 0 aliphatic heterocycles. The maximum absolute atomic E-state index is 12.9. The molecular formula is C25H27NO6S. The molecule has 0 aliphatic rings. The highest BCUT2D eigenvalue weighted by molar-refractivity contribution is 7.94. The number of carbonyl (C=O) groups is 2. The highest BCUT2D eigenvalue weighted by atomic mass is 32.2. The van der Waals surface area contributed by atoms with Crippen LogP contribution in [0, 0.1) is 0 Å². The Kier molecular flexibility index (Phi) is 9.41. The van der Waals surface area contributed by atoms with Crippen LogP contribution in [0.3, 0.4) is 0 Å². The van der Waals surface area contributed by atoms with Crippen LogP contribution in [0.4, 0.5) is 5.69 Å². The molecule has 0 saturated heterocycles. The third kappa shape index (κ3) is 7.12. The molecule has 0 heterocycles. The van der Waals surface area contributed by atoms with Crippen LogP contribution in [0.1, 0.15) is 35.7 Å². The molecule has 174 valence electrons. The van der Waals surface area contributed by atoms with E-state index in [0.717, 1.165) is 46.1 Å². The summed E-state index contributed by atoms with van der Waals surface area (Å²) >= 11 is 0.997. The third-order valence-corrected chi connectivity index (χ3v) is 5.80. The van der Waals surface area contributed by atoms with E-state index in [1.165, 1.54) is 7.11 Å². The zero-order valence-corrected chi connectivity index (χ0v) is 19.6. The largest absolute Gasteiger partial charge is 0.381 e. The van der Waals surface area contributed by atoms with E-state index >= 15 is 0 Å². The third-order valence-electron chi connectivity index (χ3n) is 5.15. The van der Waals surface area contributed by atoms with Gasteiger partial charge in [-0.15, -0.1) is 4.33 Å². The Morgan fingerprint density at radius 1 is 1.00 bits per heavy atom. The fourth-order valence-corrected chi connectivity index (χ4v) is 4.13. The van der Waals surface area contributed by atoms with Crippen molar-refractivity contribution in [1.29, 1.82) is 0 Å². The van der Waals surface area contributed by atoms with Crippen LogP contribution in [-0.2, 0) is 30.2 Å². The van der Waals surface area contributed by atoms with E-state index < -0.39 is 0 Å². The Balaban J connectivity index is 1.70. The number of methoxy groups -OCH3 is 1. The van der Waals surface area contributed by atoms with Gasteiger partial charge >= 0.3 is 0 Å². The topological polar surface area (TPSA) is 83.1 Å². The Hall–Kier alpha value is -2.75. The molecule has 0 radical (unpaired) electrons. The van der Waals surface area contributed by atoms with Crippen LogP contribution in [0.25, 0.3) is 10.8 Å². The molecule has 0 saturated carbocycles. The van der Waals surface area contributed by atoms with Crippen molar-refractivity contribution in [2.24, 2.45) is 0 Å². The van der Waals surface area contributed by atoms with Crippen molar-refractivity contribution in [2.45, 2.75) is 37.2 Å². The SMILES string of the molecule is COOOSc1cccc2cccc(NC(=O)c3ccc(CCC(CC(C)=O)OC)cc3)c12. The second-order valence-corrected chi connectivity index (χ2v) is 8.24. The molecular weight excluding hydrogens is 442 g/mol. The smallest absolute Gasteiger partial charge is 0.255 e. The first-order chi connectivity index (χ1) is 16.0. The number of anilines is 1. The molecule has 1 atom stereocenters. The summed E-state index contributed by atoms with van der Waals surface area (Å²) < 4.78 is 10.3. The molecule has 1 amide bonds. The molecule has 8 heteroatoms. The predicted octanol–water partition coefficient (Wildman–Crippen LogP) is 5.54. The molecule has 1 unspecified atom stereocenters. The van der Waals surface area contributed by atoms with Gasteiger partial charge in [-0.05, 0) is 55.0 Å². The standard InChI is InChI=1S/C25H27NO6S/c1-17(27)16-21(29-2)15-12-18-10-13-20(14-11-18)25(28)26-22-8-4-6-19-7-5-9-23(24(19)22)33-32-31-30-3/h4-11,13-14,21H,12,15-16H2,1-3H3,(H,26,28). The average Bonchev–Trinajstić information content (AvgIpc) is 2.82. The molecule has 0 fully saturated rings. The molecule has 0 aromatic heterocycles. The number of benzene rings is 3. The number of amides is 1. The van der Waals surface area contributed by atoms with Gasteiger partial charge in [-0.3, -0.25) is 9.59 Å². The van der Waals surface area contributed by atoms with E-state index in [9.17, 15) is 9.59 Å². The number of ketones is 1. The fourth-order valence-electron chi connectivity index (χ4n) is 3.53. The summed E-state index contributed by atoms with van der Waals surface area (Å²) in [7, 11) is 2.97. The summed E-state index contributed by atoms with van der Waals surface area (Å²) in [6.45, 7) is 1.57. The minimum absolute atomic E-state index is 0.0952. The quantitative estimate of drug-likeness (QED) is 0.161. The summed E-state index contributed by atoms with van der Waals surface area (Å²) in [6.07, 6.45) is 1.82. The van der Waals surface area contributed by atoms with Crippen LogP contribution in [0.5, 0.6) is 0 Å². The Labute approximate surface area is 197 Å². The van der Waals surface area contributed by atoms with Gasteiger partial charge in [-0.2, -0.15) is 0 Å². The van der Waals surface area contributed by atoms with Gasteiger partial charge in [0.1, 0.15) is 5.78 Å². The lowest BCUT2D eigenvalue weighted by molar-refractivity contribution is -0.447. The van der Waals surface area contributed by atoms with E-state index in [1.807, 2.05) is 48.5 Å². The van der Waals surface area contributed by atoms with Gasteiger partial charge in [0.2, 0.25) is 0 Å². The number of nitrogens with one attached hydrogen (secondary N) is 1. The minimum Gasteiger partial charge on any atom is -0.381 e. The first kappa shape index (κ1) is 24.9. The predicted molar refractivity (Wildman–Crippen MR) is 128 cm³/mol. The number of Topliss-reactive ketones (excluding diaryl/α,β-unsaturated/α-hetero) is 1. The summed E-state index contributed by atoms with van der Waals surface area (Å²) in [5.41, 5.74) is 2.29. The minimum atomic E-state index is -0.214. The Morgan fingerprint density at radius 2 is 1.73 bits per heavy atom. The van der Waals surface area contributed by atoms with E-state index in [0.29, 0.717) is 17.7 Å². The molecule has 0 aliphatic carbocycles. The maximum Gasteiger partial charge on any atom is 0.255 e. The monoisotopic (exact) mass is 469 g/mol. The molecule has 33 heavy (non-hydrogen) atoms. The molecule has 3 aromatic carbocycles. The van der Waals surface area contributed by atoms with Gasteiger partial charge in [0.05, 0.1) is 30.9 Å². The Bertz CT molecular complexity index is 1080. The second kappa shape index (κ2) is 12.5. The van der Waals surface area contributed by atoms with Gasteiger partial charge in [-0.25, -0.2) is 4.89 Å². The van der Waals surface area contributed by atoms with Crippen LogP contribution >= 0.6 is 12.0 Å². The summed E-state index contributed by atoms with van der Waals surface area (Å²) in [5.74, 6) is -0.101. The van der Waals surface area contributed by atoms with Gasteiger partial charge in [0.15, 0.2) is 0 Å². The van der Waals surface area contributed by atoms with Crippen molar-refractivity contribution >= 4 is 40.2 Å². The Morgan fingerprint density at radius 3 is 2.39 bits per heavy atom. The van der Waals surface area contributed by atoms with Gasteiger partial charge in [-0.1, -0.05) is 41.4 Å². The van der Waals surface area contributed by atoms with Crippen LogP contribution in [0.15, 0.2) is 65.6 Å². The van der Waals surface area contributed by atoms with Crippen LogP contribution in [0.2, 0.25) is 0 Å². The zero-order valence-electron chi connectivity index (χ0n) is 18.8. The number of carbonyl (C=O) groups excluding carboxylic acids is 2. The molecule has 1 N–H and O–H groups in total. The second-order valence-electron chi connectivity index (χ2n) is 7.50. The number of rotatable bonds is 12. The van der Waals surface area contributed by atoms with Gasteiger partial charge in [0.25, 0.3) is 5.91 Å². The van der Waals surface area contributed by atoms with Gasteiger partial charge in [0, 0.05) is 29.4 Å². The van der Waals surface area contributed by atoms with Crippen molar-refractivity contribution in [1.82, 2.24) is 0 Å².